The van der Waals surface area contributed by atoms with Crippen molar-refractivity contribution in [3.8, 4) is 0 Å². The summed E-state index contributed by atoms with van der Waals surface area (Å²) in [6.07, 6.45) is 2.78. The van der Waals surface area contributed by atoms with Gasteiger partial charge < -0.3 is 10.6 Å². The lowest BCUT2D eigenvalue weighted by Gasteiger charge is -2.46. The molecule has 1 aliphatic rings. The van der Waals surface area contributed by atoms with E-state index in [1.165, 1.54) is 6.26 Å². The molecule has 1 saturated heterocycles. The van der Waals surface area contributed by atoms with Crippen LogP contribution in [0.15, 0.2) is 23.2 Å². The lowest BCUT2D eigenvalue weighted by molar-refractivity contribution is 0.361. The molecule has 16 heavy (non-hydrogen) atoms. The Hall–Kier alpha value is -1.14. The normalized spacial score (nSPS) is 19.3. The number of nitrogens with two attached hydrogens (primary N) is 1. The van der Waals surface area contributed by atoms with Gasteiger partial charge in [0.1, 0.15) is 10.7 Å². The number of sulfone groups is 1. The van der Waals surface area contributed by atoms with Gasteiger partial charge in [0.2, 0.25) is 0 Å². The first-order valence-electron chi connectivity index (χ1n) is 4.98. The quantitative estimate of drug-likeness (QED) is 0.790. The molecule has 0 aromatic carbocycles. The number of nitrogens with zero attached hydrogens (tertiary/aromatic N) is 2. The van der Waals surface area contributed by atoms with Crippen LogP contribution in [0.4, 0.5) is 5.82 Å². The van der Waals surface area contributed by atoms with Crippen molar-refractivity contribution in [2.24, 2.45) is 5.73 Å². The van der Waals surface area contributed by atoms with E-state index in [2.05, 4.69) is 4.98 Å². The fourth-order valence-electron chi connectivity index (χ4n) is 1.88. The minimum absolute atomic E-state index is 0.244. The van der Waals surface area contributed by atoms with Crippen molar-refractivity contribution in [3.63, 3.8) is 0 Å². The molecule has 2 heterocycles. The van der Waals surface area contributed by atoms with Crippen molar-refractivity contribution in [3.05, 3.63) is 18.3 Å². The Morgan fingerprint density at radius 3 is 2.62 bits per heavy atom. The van der Waals surface area contributed by atoms with E-state index in [1.807, 2.05) is 11.8 Å². The standard InChI is InChI=1S/C10H15N3O2S/c1-10(11)6-13(7-10)9-8(16(2,14)15)4-3-5-12-9/h3-5H,6-7,11H2,1-2H3. The maximum absolute atomic E-state index is 11.6. The monoisotopic (exact) mass is 241 g/mol. The van der Waals surface area contributed by atoms with Crippen LogP contribution in [0.25, 0.3) is 0 Å². The van der Waals surface area contributed by atoms with Crippen LogP contribution < -0.4 is 10.6 Å². The smallest absolute Gasteiger partial charge is 0.179 e. The molecule has 0 amide bonds. The fraction of sp³-hybridized carbons (Fsp3) is 0.500. The third-order valence-corrected chi connectivity index (χ3v) is 3.67. The van der Waals surface area contributed by atoms with Gasteiger partial charge in [0.25, 0.3) is 0 Å². The predicted octanol–water partition coefficient (Wildman–Crippen LogP) is 0.0225. The van der Waals surface area contributed by atoms with Crippen LogP contribution in [-0.2, 0) is 9.84 Å². The third-order valence-electron chi connectivity index (χ3n) is 2.55. The fourth-order valence-corrected chi connectivity index (χ4v) is 2.72. The van der Waals surface area contributed by atoms with Crippen LogP contribution in [0.3, 0.4) is 0 Å². The molecule has 2 rings (SSSR count). The Morgan fingerprint density at radius 2 is 2.12 bits per heavy atom. The van der Waals surface area contributed by atoms with Gasteiger partial charge in [-0.3, -0.25) is 0 Å². The lowest BCUT2D eigenvalue weighted by Crippen LogP contribution is -2.66. The van der Waals surface area contributed by atoms with Crippen molar-refractivity contribution in [1.29, 1.82) is 0 Å². The Bertz CT molecular complexity index is 503. The maximum Gasteiger partial charge on any atom is 0.179 e. The van der Waals surface area contributed by atoms with Crippen molar-refractivity contribution in [1.82, 2.24) is 4.98 Å². The number of pyridine rings is 1. The zero-order valence-corrected chi connectivity index (χ0v) is 10.2. The first-order valence-corrected chi connectivity index (χ1v) is 6.88. The topological polar surface area (TPSA) is 76.3 Å². The zero-order chi connectivity index (χ0) is 12.0. The molecule has 0 spiro atoms. The van der Waals surface area contributed by atoms with Crippen LogP contribution in [0, 0.1) is 0 Å². The summed E-state index contributed by atoms with van der Waals surface area (Å²) in [6.45, 7) is 3.20. The molecule has 1 aliphatic heterocycles. The van der Waals surface area contributed by atoms with Gasteiger partial charge in [-0.15, -0.1) is 0 Å². The highest BCUT2D eigenvalue weighted by Crippen LogP contribution is 2.29. The molecule has 0 saturated carbocycles. The van der Waals surface area contributed by atoms with Gasteiger partial charge in [0.05, 0.1) is 0 Å². The van der Waals surface area contributed by atoms with Crippen LogP contribution in [0.5, 0.6) is 0 Å². The molecule has 1 aromatic heterocycles. The average molecular weight is 241 g/mol. The summed E-state index contributed by atoms with van der Waals surface area (Å²) in [7, 11) is -3.24. The molecule has 6 heteroatoms. The molecule has 0 unspecified atom stereocenters. The van der Waals surface area contributed by atoms with Crippen molar-refractivity contribution in [2.75, 3.05) is 24.2 Å². The summed E-state index contributed by atoms with van der Waals surface area (Å²) in [6, 6.07) is 3.20. The second-order valence-corrected chi connectivity index (χ2v) is 6.59. The SMILES string of the molecule is CC1(N)CN(c2ncccc2S(C)(=O)=O)C1. The Kier molecular flexibility index (Phi) is 2.43. The molecule has 88 valence electrons. The number of rotatable bonds is 2. The molecule has 0 aliphatic carbocycles. The lowest BCUT2D eigenvalue weighted by atomic mass is 9.94. The minimum Gasteiger partial charge on any atom is -0.352 e. The molecule has 0 atom stereocenters. The number of aromatic nitrogens is 1. The van der Waals surface area contributed by atoms with Gasteiger partial charge in [-0.2, -0.15) is 0 Å². The first kappa shape index (κ1) is 11.3. The molecule has 1 fully saturated rings. The predicted molar refractivity (Wildman–Crippen MR) is 62.2 cm³/mol. The second kappa shape index (κ2) is 3.43. The maximum atomic E-state index is 11.6. The van der Waals surface area contributed by atoms with Gasteiger partial charge >= 0.3 is 0 Å². The van der Waals surface area contributed by atoms with Crippen molar-refractivity contribution < 1.29 is 8.42 Å². The van der Waals surface area contributed by atoms with Gasteiger partial charge in [0.15, 0.2) is 9.84 Å². The summed E-state index contributed by atoms with van der Waals surface area (Å²) in [5.74, 6) is 0.507. The van der Waals surface area contributed by atoms with E-state index in [1.54, 1.807) is 18.3 Å². The van der Waals surface area contributed by atoms with Crippen LogP contribution in [0.1, 0.15) is 6.92 Å². The van der Waals surface area contributed by atoms with Crippen molar-refractivity contribution in [2.45, 2.75) is 17.4 Å². The first-order chi connectivity index (χ1) is 7.30. The Labute approximate surface area is 95.2 Å². The molecule has 2 N–H and O–H groups in total. The van der Waals surface area contributed by atoms with Crippen LogP contribution >= 0.6 is 0 Å². The summed E-state index contributed by atoms with van der Waals surface area (Å²) in [5.41, 5.74) is 5.65. The molecular weight excluding hydrogens is 226 g/mol. The van der Waals surface area contributed by atoms with Gasteiger partial charge in [-0.1, -0.05) is 0 Å². The van der Waals surface area contributed by atoms with E-state index >= 15 is 0 Å². The highest BCUT2D eigenvalue weighted by molar-refractivity contribution is 7.90. The van der Waals surface area contributed by atoms with E-state index in [-0.39, 0.29) is 10.4 Å². The molecule has 1 aromatic rings. The van der Waals surface area contributed by atoms with E-state index < -0.39 is 9.84 Å². The molecule has 5 nitrogen and oxygen atoms in total. The van der Waals surface area contributed by atoms with Crippen LogP contribution in [0.2, 0.25) is 0 Å². The Morgan fingerprint density at radius 1 is 1.50 bits per heavy atom. The molecule has 0 radical (unpaired) electrons. The Balaban J connectivity index is 2.36. The average Bonchev–Trinajstić information content (AvgIpc) is 2.12. The van der Waals surface area contributed by atoms with E-state index in [0.29, 0.717) is 18.9 Å². The summed E-state index contributed by atoms with van der Waals surface area (Å²) in [5, 5.41) is 0. The highest BCUT2D eigenvalue weighted by atomic mass is 32.2. The van der Waals surface area contributed by atoms with E-state index in [0.717, 1.165) is 0 Å². The van der Waals surface area contributed by atoms with E-state index in [9.17, 15) is 8.42 Å². The second-order valence-electron chi connectivity index (χ2n) is 4.61. The minimum atomic E-state index is -3.24. The van der Waals surface area contributed by atoms with Crippen LogP contribution in [-0.4, -0.2) is 38.3 Å². The molecular formula is C10H15N3O2S. The van der Waals surface area contributed by atoms with Gasteiger partial charge in [0, 0.05) is 31.1 Å². The number of hydrogen-bond donors (Lipinski definition) is 1. The van der Waals surface area contributed by atoms with Gasteiger partial charge in [-0.25, -0.2) is 13.4 Å². The summed E-state index contributed by atoms with van der Waals surface area (Å²) >= 11 is 0. The largest absolute Gasteiger partial charge is 0.352 e. The highest BCUT2D eigenvalue weighted by Gasteiger charge is 2.37. The summed E-state index contributed by atoms with van der Waals surface area (Å²) < 4.78 is 23.1. The number of hydrogen-bond acceptors (Lipinski definition) is 5. The third kappa shape index (κ3) is 2.03. The zero-order valence-electron chi connectivity index (χ0n) is 9.34. The van der Waals surface area contributed by atoms with Crippen molar-refractivity contribution >= 4 is 15.7 Å². The molecule has 0 bridgehead atoms. The number of anilines is 1. The van der Waals surface area contributed by atoms with E-state index in [4.69, 9.17) is 5.73 Å². The van der Waals surface area contributed by atoms with Gasteiger partial charge in [-0.05, 0) is 19.1 Å². The summed E-state index contributed by atoms with van der Waals surface area (Å²) in [4.78, 5) is 6.28.